The van der Waals surface area contributed by atoms with Crippen molar-refractivity contribution in [1.29, 1.82) is 0 Å². The van der Waals surface area contributed by atoms with E-state index in [2.05, 4.69) is 5.16 Å². The molecule has 182 valence electrons. The lowest BCUT2D eigenvalue weighted by Gasteiger charge is -2.23. The van der Waals surface area contributed by atoms with Gasteiger partial charge in [0.1, 0.15) is 11.5 Å². The maximum atomic E-state index is 13.4. The van der Waals surface area contributed by atoms with Crippen LogP contribution in [-0.4, -0.2) is 35.7 Å². The van der Waals surface area contributed by atoms with Gasteiger partial charge in [-0.3, -0.25) is 14.5 Å². The molecule has 2 heterocycles. The van der Waals surface area contributed by atoms with Crippen molar-refractivity contribution in [2.75, 3.05) is 18.6 Å². The van der Waals surface area contributed by atoms with Crippen LogP contribution in [0, 0.1) is 6.92 Å². The molecule has 1 aromatic heterocycles. The Bertz CT molecular complexity index is 1520. The highest BCUT2D eigenvalue weighted by Crippen LogP contribution is 2.44. The molecule has 0 saturated carbocycles. The topological polar surface area (TPSA) is 102 Å². The third-order valence-corrected chi connectivity index (χ3v) is 6.13. The van der Waals surface area contributed by atoms with Crippen molar-refractivity contribution in [3.63, 3.8) is 0 Å². The molecule has 1 fully saturated rings. The van der Waals surface area contributed by atoms with Gasteiger partial charge in [0, 0.05) is 11.6 Å². The summed E-state index contributed by atoms with van der Waals surface area (Å²) in [7, 11) is 1.51. The lowest BCUT2D eigenvalue weighted by Crippen LogP contribution is -2.29. The molecule has 8 nitrogen and oxygen atoms in total. The molecule has 0 bridgehead atoms. The van der Waals surface area contributed by atoms with Crippen LogP contribution in [-0.2, 0) is 9.59 Å². The molecule has 1 atom stereocenters. The molecule has 8 heteroatoms. The van der Waals surface area contributed by atoms with Gasteiger partial charge in [-0.25, -0.2) is 0 Å². The largest absolute Gasteiger partial charge is 0.507 e. The number of hydrogen-bond donors (Lipinski definition) is 1. The number of Topliss-reactive ketones (excluding diaryl/α,β-unsaturated/α-hetero) is 1. The summed E-state index contributed by atoms with van der Waals surface area (Å²) in [6, 6.07) is 18.8. The van der Waals surface area contributed by atoms with Crippen LogP contribution in [0.25, 0.3) is 16.5 Å². The number of methoxy groups -OCH3 is 1. The number of carbonyl (C=O) groups excluding carboxylic acids is 2. The summed E-state index contributed by atoms with van der Waals surface area (Å²) in [5.41, 5.74) is 0.908. The van der Waals surface area contributed by atoms with Crippen LogP contribution in [0.3, 0.4) is 0 Å². The average molecular weight is 485 g/mol. The average Bonchev–Trinajstić information content (AvgIpc) is 3.43. The summed E-state index contributed by atoms with van der Waals surface area (Å²) in [6.45, 7) is 3.99. The van der Waals surface area contributed by atoms with Gasteiger partial charge in [-0.2, -0.15) is 0 Å². The maximum absolute atomic E-state index is 13.4. The summed E-state index contributed by atoms with van der Waals surface area (Å²) in [4.78, 5) is 27.9. The fourth-order valence-corrected chi connectivity index (χ4v) is 4.47. The van der Waals surface area contributed by atoms with Gasteiger partial charge in [0.2, 0.25) is 0 Å². The Morgan fingerprint density at radius 3 is 2.50 bits per heavy atom. The van der Waals surface area contributed by atoms with Crippen molar-refractivity contribution in [2.24, 2.45) is 0 Å². The maximum Gasteiger partial charge on any atom is 0.301 e. The summed E-state index contributed by atoms with van der Waals surface area (Å²) >= 11 is 0. The van der Waals surface area contributed by atoms with E-state index in [4.69, 9.17) is 14.0 Å². The Balaban J connectivity index is 1.72. The number of aliphatic hydroxyl groups excluding tert-OH is 1. The van der Waals surface area contributed by atoms with Crippen molar-refractivity contribution in [1.82, 2.24) is 5.16 Å². The summed E-state index contributed by atoms with van der Waals surface area (Å²) in [5.74, 6) is -0.314. The standard InChI is InChI=1S/C28H24N2O6/c1-4-35-21-12-11-19(15-22(21)34-3)25-24(27(32)28(33)30(25)23-13-16(2)36-29-23)26(31)20-10-9-17-7-5-6-8-18(17)14-20/h5-15,25,31H,4H2,1-3H3/t25-/m1/s1. The van der Waals surface area contributed by atoms with E-state index in [-0.39, 0.29) is 17.2 Å². The Labute approximate surface area is 207 Å². The second-order valence-electron chi connectivity index (χ2n) is 8.37. The third-order valence-electron chi connectivity index (χ3n) is 6.13. The molecular formula is C28H24N2O6. The first-order chi connectivity index (χ1) is 17.4. The normalized spacial score (nSPS) is 17.1. The lowest BCUT2D eigenvalue weighted by molar-refractivity contribution is -0.132. The first kappa shape index (κ1) is 23.2. The number of ketones is 1. The molecule has 3 aromatic carbocycles. The molecule has 0 unspecified atom stereocenters. The van der Waals surface area contributed by atoms with Crippen LogP contribution in [0.1, 0.15) is 29.9 Å². The fraction of sp³-hybridized carbons (Fsp3) is 0.179. The number of aliphatic hydroxyl groups is 1. The second kappa shape index (κ2) is 9.22. The number of ether oxygens (including phenoxy) is 2. The minimum atomic E-state index is -0.967. The van der Waals surface area contributed by atoms with Crippen molar-refractivity contribution in [3.8, 4) is 11.5 Å². The van der Waals surface area contributed by atoms with E-state index >= 15 is 0 Å². The number of amides is 1. The van der Waals surface area contributed by atoms with Crippen molar-refractivity contribution < 1.29 is 28.7 Å². The van der Waals surface area contributed by atoms with E-state index < -0.39 is 17.7 Å². The van der Waals surface area contributed by atoms with Crippen LogP contribution >= 0.6 is 0 Å². The summed E-state index contributed by atoms with van der Waals surface area (Å²) in [5, 5.41) is 17.3. The third kappa shape index (κ3) is 3.86. The van der Waals surface area contributed by atoms with Crippen molar-refractivity contribution >= 4 is 34.0 Å². The molecule has 1 saturated heterocycles. The van der Waals surface area contributed by atoms with Gasteiger partial charge in [0.05, 0.1) is 25.3 Å². The molecule has 1 aliphatic rings. The van der Waals surface area contributed by atoms with Crippen LogP contribution in [0.2, 0.25) is 0 Å². The van der Waals surface area contributed by atoms with E-state index in [1.165, 1.54) is 12.0 Å². The molecule has 1 aliphatic heterocycles. The van der Waals surface area contributed by atoms with Crippen molar-refractivity contribution in [2.45, 2.75) is 19.9 Å². The molecule has 1 N–H and O–H groups in total. The smallest absolute Gasteiger partial charge is 0.301 e. The van der Waals surface area contributed by atoms with Crippen LogP contribution in [0.5, 0.6) is 11.5 Å². The Morgan fingerprint density at radius 2 is 1.81 bits per heavy atom. The highest BCUT2D eigenvalue weighted by atomic mass is 16.5. The fourth-order valence-electron chi connectivity index (χ4n) is 4.47. The zero-order chi connectivity index (χ0) is 25.4. The number of nitrogens with zero attached hydrogens (tertiary/aromatic N) is 2. The molecule has 1 amide bonds. The Kier molecular flexibility index (Phi) is 5.93. The number of carbonyl (C=O) groups is 2. The van der Waals surface area contributed by atoms with Gasteiger partial charge in [-0.15, -0.1) is 0 Å². The number of fused-ring (bicyclic) bond motifs is 1. The summed E-state index contributed by atoms with van der Waals surface area (Å²) < 4.78 is 16.3. The van der Waals surface area contributed by atoms with E-state index in [1.807, 2.05) is 37.3 Å². The van der Waals surface area contributed by atoms with Gasteiger partial charge < -0.3 is 19.1 Å². The molecule has 36 heavy (non-hydrogen) atoms. The predicted octanol–water partition coefficient (Wildman–Crippen LogP) is 5.17. The molecule has 5 rings (SSSR count). The van der Waals surface area contributed by atoms with Crippen LogP contribution in [0.4, 0.5) is 5.82 Å². The highest BCUT2D eigenvalue weighted by molar-refractivity contribution is 6.51. The number of rotatable bonds is 6. The van der Waals surface area contributed by atoms with E-state index in [0.29, 0.717) is 35.0 Å². The van der Waals surface area contributed by atoms with Gasteiger partial charge >= 0.3 is 5.91 Å². The zero-order valence-electron chi connectivity index (χ0n) is 20.0. The van der Waals surface area contributed by atoms with Crippen LogP contribution < -0.4 is 14.4 Å². The SMILES string of the molecule is CCOc1ccc([C@@H]2C(=C(O)c3ccc4ccccc4c3)C(=O)C(=O)N2c2cc(C)on2)cc1OC. The Morgan fingerprint density at radius 1 is 1.03 bits per heavy atom. The van der Waals surface area contributed by atoms with Crippen molar-refractivity contribution in [3.05, 3.63) is 89.2 Å². The quantitative estimate of drug-likeness (QED) is 0.229. The summed E-state index contributed by atoms with van der Waals surface area (Å²) in [6.07, 6.45) is 0. The van der Waals surface area contributed by atoms with E-state index in [9.17, 15) is 14.7 Å². The number of hydrogen-bond acceptors (Lipinski definition) is 7. The van der Waals surface area contributed by atoms with Gasteiger partial charge in [0.25, 0.3) is 5.78 Å². The number of benzene rings is 3. The number of anilines is 1. The second-order valence-corrected chi connectivity index (χ2v) is 8.37. The first-order valence-electron chi connectivity index (χ1n) is 11.5. The minimum absolute atomic E-state index is 0.0536. The predicted molar refractivity (Wildman–Crippen MR) is 134 cm³/mol. The molecular weight excluding hydrogens is 460 g/mol. The number of aromatic nitrogens is 1. The van der Waals surface area contributed by atoms with Crippen LogP contribution in [0.15, 0.2) is 76.8 Å². The molecule has 0 radical (unpaired) electrons. The van der Waals surface area contributed by atoms with Gasteiger partial charge in [-0.05, 0) is 48.4 Å². The van der Waals surface area contributed by atoms with E-state index in [0.717, 1.165) is 10.8 Å². The number of aryl methyl sites for hydroxylation is 1. The highest BCUT2D eigenvalue weighted by Gasteiger charge is 2.48. The molecule has 4 aromatic rings. The van der Waals surface area contributed by atoms with Gasteiger partial charge in [0.15, 0.2) is 17.3 Å². The lowest BCUT2D eigenvalue weighted by atomic mass is 9.94. The zero-order valence-corrected chi connectivity index (χ0v) is 20.0. The first-order valence-corrected chi connectivity index (χ1v) is 11.5. The van der Waals surface area contributed by atoms with Gasteiger partial charge in [-0.1, -0.05) is 47.6 Å². The Hall–Kier alpha value is -4.59. The van der Waals surface area contributed by atoms with E-state index in [1.54, 1.807) is 43.3 Å². The minimum Gasteiger partial charge on any atom is -0.507 e. The molecule has 0 spiro atoms. The molecule has 0 aliphatic carbocycles. The monoisotopic (exact) mass is 484 g/mol.